The topological polar surface area (TPSA) is 109 Å². The molecule has 3 N–H and O–H groups in total. The van der Waals surface area contributed by atoms with Crippen LogP contribution in [0.3, 0.4) is 0 Å². The fourth-order valence-electron chi connectivity index (χ4n) is 3.72. The molecule has 0 atom stereocenters. The second-order valence-electron chi connectivity index (χ2n) is 7.11. The second-order valence-corrected chi connectivity index (χ2v) is 7.11. The number of piperidine rings is 1. The summed E-state index contributed by atoms with van der Waals surface area (Å²) in [7, 11) is 1.66. The molecule has 0 saturated carbocycles. The van der Waals surface area contributed by atoms with Gasteiger partial charge in [0.2, 0.25) is 5.91 Å². The van der Waals surface area contributed by atoms with E-state index in [1.54, 1.807) is 7.11 Å². The Labute approximate surface area is 163 Å². The van der Waals surface area contributed by atoms with E-state index in [2.05, 4.69) is 9.88 Å². The number of benzene rings is 1. The van der Waals surface area contributed by atoms with Crippen LogP contribution in [0.2, 0.25) is 0 Å². The van der Waals surface area contributed by atoms with Crippen LogP contribution in [0.4, 0.5) is 10.6 Å². The Bertz CT molecular complexity index is 849. The van der Waals surface area contributed by atoms with Crippen molar-refractivity contribution in [3.8, 4) is 5.75 Å². The van der Waals surface area contributed by atoms with E-state index >= 15 is 0 Å². The molecule has 1 aliphatic heterocycles. The third-order valence-electron chi connectivity index (χ3n) is 5.29. The zero-order valence-electron chi connectivity index (χ0n) is 16.0. The Balaban J connectivity index is 1.60. The lowest BCUT2D eigenvalue weighted by molar-refractivity contribution is -0.118. The summed E-state index contributed by atoms with van der Waals surface area (Å²) in [6.07, 6.45) is 3.36. The number of carbonyl (C=O) groups is 2. The SMILES string of the molecule is COc1ccc2c(N3CCC(CCN(CC(N)=O)C(=O)O)CC3)nccc2c1. The lowest BCUT2D eigenvalue weighted by Crippen LogP contribution is -2.40. The van der Waals surface area contributed by atoms with E-state index in [-0.39, 0.29) is 6.54 Å². The number of methoxy groups -OCH3 is 1. The van der Waals surface area contributed by atoms with E-state index in [1.807, 2.05) is 30.5 Å². The van der Waals surface area contributed by atoms with Gasteiger partial charge in [0.1, 0.15) is 18.1 Å². The molecule has 0 spiro atoms. The smallest absolute Gasteiger partial charge is 0.407 e. The molecule has 1 aromatic heterocycles. The van der Waals surface area contributed by atoms with Crippen molar-refractivity contribution < 1.29 is 19.4 Å². The minimum atomic E-state index is -1.10. The minimum Gasteiger partial charge on any atom is -0.497 e. The van der Waals surface area contributed by atoms with Gasteiger partial charge in [-0.2, -0.15) is 0 Å². The zero-order chi connectivity index (χ0) is 20.1. The van der Waals surface area contributed by atoms with E-state index in [0.717, 1.165) is 59.6 Å². The summed E-state index contributed by atoms with van der Waals surface area (Å²) in [6, 6.07) is 7.97. The number of ether oxygens (including phenoxy) is 1. The van der Waals surface area contributed by atoms with E-state index in [4.69, 9.17) is 10.5 Å². The largest absolute Gasteiger partial charge is 0.497 e. The normalized spacial score (nSPS) is 14.8. The first-order valence-electron chi connectivity index (χ1n) is 9.42. The zero-order valence-corrected chi connectivity index (χ0v) is 16.0. The van der Waals surface area contributed by atoms with Crippen LogP contribution in [0.25, 0.3) is 10.8 Å². The van der Waals surface area contributed by atoms with Gasteiger partial charge in [0.15, 0.2) is 0 Å². The van der Waals surface area contributed by atoms with E-state index in [9.17, 15) is 14.7 Å². The molecule has 2 amide bonds. The Hall–Kier alpha value is -3.03. The number of anilines is 1. The number of carboxylic acid groups (broad SMARTS) is 1. The number of hydrogen-bond donors (Lipinski definition) is 2. The summed E-state index contributed by atoms with van der Waals surface area (Å²) in [6.45, 7) is 1.81. The Kier molecular flexibility index (Phi) is 6.18. The average Bonchev–Trinajstić information content (AvgIpc) is 2.70. The summed E-state index contributed by atoms with van der Waals surface area (Å²) in [5.41, 5.74) is 5.12. The molecule has 8 heteroatoms. The highest BCUT2D eigenvalue weighted by Crippen LogP contribution is 2.31. The highest BCUT2D eigenvalue weighted by Gasteiger charge is 2.23. The van der Waals surface area contributed by atoms with Gasteiger partial charge in [-0.15, -0.1) is 0 Å². The number of nitrogens with zero attached hydrogens (tertiary/aromatic N) is 3. The maximum Gasteiger partial charge on any atom is 0.407 e. The van der Waals surface area contributed by atoms with Crippen molar-refractivity contribution in [3.63, 3.8) is 0 Å². The molecule has 1 aromatic carbocycles. The Morgan fingerprint density at radius 1 is 1.32 bits per heavy atom. The van der Waals surface area contributed by atoms with Crippen molar-refractivity contribution >= 4 is 28.6 Å². The molecule has 0 unspecified atom stereocenters. The third kappa shape index (κ3) is 4.62. The highest BCUT2D eigenvalue weighted by molar-refractivity contribution is 5.93. The van der Waals surface area contributed by atoms with Crippen molar-refractivity contribution in [2.75, 3.05) is 38.2 Å². The lowest BCUT2D eigenvalue weighted by Gasteiger charge is -2.34. The van der Waals surface area contributed by atoms with Crippen LogP contribution in [0, 0.1) is 5.92 Å². The maximum absolute atomic E-state index is 11.2. The van der Waals surface area contributed by atoms with Crippen molar-refractivity contribution in [1.29, 1.82) is 0 Å². The van der Waals surface area contributed by atoms with Crippen molar-refractivity contribution in [2.45, 2.75) is 19.3 Å². The first-order chi connectivity index (χ1) is 13.5. The third-order valence-corrected chi connectivity index (χ3v) is 5.29. The number of nitrogens with two attached hydrogens (primary N) is 1. The number of hydrogen-bond acceptors (Lipinski definition) is 5. The molecular formula is C20H26N4O4. The molecule has 1 aliphatic rings. The van der Waals surface area contributed by atoms with Crippen LogP contribution in [0.15, 0.2) is 30.5 Å². The van der Waals surface area contributed by atoms with E-state index in [1.165, 1.54) is 0 Å². The quantitative estimate of drug-likeness (QED) is 0.756. The molecule has 8 nitrogen and oxygen atoms in total. The fourth-order valence-corrected chi connectivity index (χ4v) is 3.72. The van der Waals surface area contributed by atoms with Gasteiger partial charge in [-0.1, -0.05) is 0 Å². The van der Waals surface area contributed by atoms with Crippen LogP contribution in [-0.2, 0) is 4.79 Å². The molecule has 28 heavy (non-hydrogen) atoms. The van der Waals surface area contributed by atoms with Gasteiger partial charge in [-0.25, -0.2) is 9.78 Å². The fraction of sp³-hybridized carbons (Fsp3) is 0.450. The summed E-state index contributed by atoms with van der Waals surface area (Å²) >= 11 is 0. The molecule has 150 valence electrons. The van der Waals surface area contributed by atoms with Crippen LogP contribution < -0.4 is 15.4 Å². The first kappa shape index (κ1) is 19.7. The van der Waals surface area contributed by atoms with Gasteiger partial charge >= 0.3 is 6.09 Å². The average molecular weight is 386 g/mol. The van der Waals surface area contributed by atoms with Crippen molar-refractivity contribution in [1.82, 2.24) is 9.88 Å². The standard InChI is InChI=1S/C20H26N4O4/c1-28-16-2-3-17-15(12-16)4-8-22-19(17)23-9-5-14(6-10-23)7-11-24(20(26)27)13-18(21)25/h2-4,8,12,14H,5-7,9-11,13H2,1H3,(H2,21,25)(H,26,27). The van der Waals surface area contributed by atoms with Crippen LogP contribution >= 0.6 is 0 Å². The van der Waals surface area contributed by atoms with E-state index < -0.39 is 12.0 Å². The summed E-state index contributed by atoms with van der Waals surface area (Å²) in [5.74, 6) is 1.58. The molecule has 2 aromatic rings. The number of rotatable bonds is 7. The number of amides is 2. The van der Waals surface area contributed by atoms with Crippen LogP contribution in [0.5, 0.6) is 5.75 Å². The predicted octanol–water partition coefficient (Wildman–Crippen LogP) is 2.32. The molecule has 0 bridgehead atoms. The monoisotopic (exact) mass is 386 g/mol. The van der Waals surface area contributed by atoms with Crippen LogP contribution in [-0.4, -0.2) is 60.3 Å². The molecule has 3 rings (SSSR count). The molecule has 0 radical (unpaired) electrons. The molecule has 0 aliphatic carbocycles. The minimum absolute atomic E-state index is 0.252. The van der Waals surface area contributed by atoms with Crippen molar-refractivity contribution in [2.24, 2.45) is 11.7 Å². The number of pyridine rings is 1. The number of aromatic nitrogens is 1. The second kappa shape index (κ2) is 8.77. The van der Waals surface area contributed by atoms with Gasteiger partial charge in [0.05, 0.1) is 7.11 Å². The predicted molar refractivity (Wildman–Crippen MR) is 107 cm³/mol. The molecule has 2 heterocycles. The van der Waals surface area contributed by atoms with Crippen LogP contribution in [0.1, 0.15) is 19.3 Å². The molecule has 1 fully saturated rings. The van der Waals surface area contributed by atoms with Crippen molar-refractivity contribution in [3.05, 3.63) is 30.5 Å². The number of carbonyl (C=O) groups excluding carboxylic acids is 1. The summed E-state index contributed by atoms with van der Waals surface area (Å²) in [5, 5.41) is 11.4. The number of primary amides is 1. The maximum atomic E-state index is 11.2. The number of fused-ring (bicyclic) bond motifs is 1. The van der Waals surface area contributed by atoms with Gasteiger partial charge in [0, 0.05) is 31.2 Å². The van der Waals surface area contributed by atoms with Gasteiger partial charge < -0.3 is 20.5 Å². The molecular weight excluding hydrogens is 360 g/mol. The Morgan fingerprint density at radius 2 is 2.07 bits per heavy atom. The summed E-state index contributed by atoms with van der Waals surface area (Å²) < 4.78 is 5.30. The van der Waals surface area contributed by atoms with Gasteiger partial charge in [0.25, 0.3) is 0 Å². The first-order valence-corrected chi connectivity index (χ1v) is 9.42. The van der Waals surface area contributed by atoms with Gasteiger partial charge in [-0.3, -0.25) is 9.69 Å². The highest BCUT2D eigenvalue weighted by atomic mass is 16.5. The lowest BCUT2D eigenvalue weighted by atomic mass is 9.93. The summed E-state index contributed by atoms with van der Waals surface area (Å²) in [4.78, 5) is 30.2. The van der Waals surface area contributed by atoms with E-state index in [0.29, 0.717) is 12.5 Å². The van der Waals surface area contributed by atoms with Gasteiger partial charge in [-0.05, 0) is 54.8 Å². The molecule has 1 saturated heterocycles. The Morgan fingerprint density at radius 3 is 2.71 bits per heavy atom.